The van der Waals surface area contributed by atoms with Crippen LogP contribution < -0.4 is 15.8 Å². The molecule has 16 heavy (non-hydrogen) atoms. The van der Waals surface area contributed by atoms with Crippen molar-refractivity contribution in [2.45, 2.75) is 32.9 Å². The number of nitrogens with two attached hydrogens (primary N) is 1. The predicted octanol–water partition coefficient (Wildman–Crippen LogP) is 1.91. The molecular formula is C13H22N2O. The van der Waals surface area contributed by atoms with Crippen LogP contribution in [0.4, 0.5) is 0 Å². The molecule has 3 N–H and O–H groups in total. The van der Waals surface area contributed by atoms with E-state index in [4.69, 9.17) is 10.5 Å². The van der Waals surface area contributed by atoms with Gasteiger partial charge in [0.15, 0.2) is 0 Å². The Kier molecular flexibility index (Phi) is 5.90. The fourth-order valence-electron chi connectivity index (χ4n) is 1.42. The fourth-order valence-corrected chi connectivity index (χ4v) is 1.42. The first-order valence-electron chi connectivity index (χ1n) is 5.88. The maximum Gasteiger partial charge on any atom is 0.119 e. The largest absolute Gasteiger partial charge is 0.491 e. The molecule has 90 valence electrons. The summed E-state index contributed by atoms with van der Waals surface area (Å²) in [5, 5.41) is 3.34. The van der Waals surface area contributed by atoms with Crippen LogP contribution in [0.25, 0.3) is 0 Å². The van der Waals surface area contributed by atoms with Crippen molar-refractivity contribution in [2.75, 3.05) is 13.1 Å². The van der Waals surface area contributed by atoms with Gasteiger partial charge in [-0.25, -0.2) is 0 Å². The van der Waals surface area contributed by atoms with Crippen molar-refractivity contribution in [2.24, 2.45) is 5.73 Å². The van der Waals surface area contributed by atoms with E-state index < -0.39 is 0 Å². The first kappa shape index (κ1) is 13.0. The lowest BCUT2D eigenvalue weighted by Crippen LogP contribution is -2.17. The molecule has 0 saturated carbocycles. The highest BCUT2D eigenvalue weighted by molar-refractivity contribution is 5.27. The summed E-state index contributed by atoms with van der Waals surface area (Å²) >= 11 is 0. The minimum absolute atomic E-state index is 0.230. The molecule has 0 radical (unpaired) electrons. The van der Waals surface area contributed by atoms with Gasteiger partial charge in [0.1, 0.15) is 5.75 Å². The molecule has 0 aliphatic heterocycles. The van der Waals surface area contributed by atoms with Crippen molar-refractivity contribution in [3.8, 4) is 5.75 Å². The Morgan fingerprint density at radius 2 is 1.94 bits per heavy atom. The number of rotatable bonds is 7. The second-order valence-electron chi connectivity index (χ2n) is 4.13. The van der Waals surface area contributed by atoms with E-state index in [-0.39, 0.29) is 6.10 Å². The number of benzene rings is 1. The SMILES string of the molecule is CC(C)Oc1ccc(CNCCCN)cc1. The third-order valence-corrected chi connectivity index (χ3v) is 2.18. The molecule has 0 fully saturated rings. The van der Waals surface area contributed by atoms with Gasteiger partial charge in [-0.3, -0.25) is 0 Å². The van der Waals surface area contributed by atoms with Gasteiger partial charge in [-0.15, -0.1) is 0 Å². The van der Waals surface area contributed by atoms with Crippen LogP contribution in [0.5, 0.6) is 5.75 Å². The van der Waals surface area contributed by atoms with E-state index in [0.29, 0.717) is 0 Å². The van der Waals surface area contributed by atoms with E-state index in [1.54, 1.807) is 0 Å². The zero-order chi connectivity index (χ0) is 11.8. The van der Waals surface area contributed by atoms with E-state index in [1.165, 1.54) is 5.56 Å². The molecule has 0 unspecified atom stereocenters. The fraction of sp³-hybridized carbons (Fsp3) is 0.538. The molecule has 1 rings (SSSR count). The molecule has 0 heterocycles. The van der Waals surface area contributed by atoms with Crippen molar-refractivity contribution in [1.82, 2.24) is 5.32 Å². The average Bonchev–Trinajstić information content (AvgIpc) is 2.26. The third kappa shape index (κ3) is 5.14. The molecule has 3 nitrogen and oxygen atoms in total. The predicted molar refractivity (Wildman–Crippen MR) is 67.6 cm³/mol. The van der Waals surface area contributed by atoms with Gasteiger partial charge in [0, 0.05) is 6.54 Å². The average molecular weight is 222 g/mol. The molecule has 0 amide bonds. The van der Waals surface area contributed by atoms with Crippen molar-refractivity contribution in [3.05, 3.63) is 29.8 Å². The van der Waals surface area contributed by atoms with E-state index in [0.717, 1.165) is 31.8 Å². The Morgan fingerprint density at radius 3 is 2.50 bits per heavy atom. The van der Waals surface area contributed by atoms with Crippen LogP contribution in [-0.2, 0) is 6.54 Å². The Morgan fingerprint density at radius 1 is 1.25 bits per heavy atom. The molecule has 3 heteroatoms. The van der Waals surface area contributed by atoms with Gasteiger partial charge in [0.25, 0.3) is 0 Å². The summed E-state index contributed by atoms with van der Waals surface area (Å²) in [6.45, 7) is 6.67. The molecule has 0 atom stereocenters. The molecule has 1 aromatic carbocycles. The van der Waals surface area contributed by atoms with Gasteiger partial charge in [-0.05, 0) is 51.1 Å². The Hall–Kier alpha value is -1.06. The summed E-state index contributed by atoms with van der Waals surface area (Å²) in [6, 6.07) is 8.21. The first-order valence-corrected chi connectivity index (χ1v) is 5.88. The van der Waals surface area contributed by atoms with E-state index >= 15 is 0 Å². The van der Waals surface area contributed by atoms with E-state index in [9.17, 15) is 0 Å². The second-order valence-corrected chi connectivity index (χ2v) is 4.13. The normalized spacial score (nSPS) is 10.8. The van der Waals surface area contributed by atoms with Crippen LogP contribution >= 0.6 is 0 Å². The highest BCUT2D eigenvalue weighted by atomic mass is 16.5. The number of nitrogens with one attached hydrogen (secondary N) is 1. The van der Waals surface area contributed by atoms with Gasteiger partial charge in [0.05, 0.1) is 6.10 Å². The number of ether oxygens (including phenoxy) is 1. The molecule has 0 bridgehead atoms. The van der Waals surface area contributed by atoms with Crippen molar-refractivity contribution in [1.29, 1.82) is 0 Å². The molecule has 0 spiro atoms. The Labute approximate surface area is 98.0 Å². The number of hydrogen-bond donors (Lipinski definition) is 2. The van der Waals surface area contributed by atoms with Crippen LogP contribution in [0.3, 0.4) is 0 Å². The zero-order valence-corrected chi connectivity index (χ0v) is 10.2. The Balaban J connectivity index is 2.33. The summed E-state index contributed by atoms with van der Waals surface area (Å²) in [5.74, 6) is 0.931. The number of hydrogen-bond acceptors (Lipinski definition) is 3. The van der Waals surface area contributed by atoms with Crippen molar-refractivity contribution < 1.29 is 4.74 Å². The van der Waals surface area contributed by atoms with Crippen LogP contribution in [0.2, 0.25) is 0 Å². The minimum Gasteiger partial charge on any atom is -0.491 e. The summed E-state index contributed by atoms with van der Waals surface area (Å²) in [7, 11) is 0. The molecule has 1 aromatic rings. The van der Waals surface area contributed by atoms with Crippen LogP contribution in [0, 0.1) is 0 Å². The summed E-state index contributed by atoms with van der Waals surface area (Å²) in [5.41, 5.74) is 6.69. The van der Waals surface area contributed by atoms with Crippen LogP contribution in [0.15, 0.2) is 24.3 Å². The minimum atomic E-state index is 0.230. The topological polar surface area (TPSA) is 47.3 Å². The first-order chi connectivity index (χ1) is 7.72. The maximum absolute atomic E-state index is 5.58. The van der Waals surface area contributed by atoms with Gasteiger partial charge < -0.3 is 15.8 Å². The van der Waals surface area contributed by atoms with E-state index in [2.05, 4.69) is 17.4 Å². The van der Waals surface area contributed by atoms with Gasteiger partial charge in [-0.2, -0.15) is 0 Å². The molecule has 0 saturated heterocycles. The highest BCUT2D eigenvalue weighted by Crippen LogP contribution is 2.13. The lowest BCUT2D eigenvalue weighted by molar-refractivity contribution is 0.242. The smallest absolute Gasteiger partial charge is 0.119 e. The van der Waals surface area contributed by atoms with Crippen LogP contribution in [0.1, 0.15) is 25.8 Å². The molecule has 0 aliphatic carbocycles. The van der Waals surface area contributed by atoms with E-state index in [1.807, 2.05) is 26.0 Å². The van der Waals surface area contributed by atoms with Crippen LogP contribution in [-0.4, -0.2) is 19.2 Å². The summed E-state index contributed by atoms with van der Waals surface area (Å²) in [4.78, 5) is 0. The molecular weight excluding hydrogens is 200 g/mol. The van der Waals surface area contributed by atoms with Gasteiger partial charge >= 0.3 is 0 Å². The molecule has 0 aliphatic rings. The zero-order valence-electron chi connectivity index (χ0n) is 10.2. The third-order valence-electron chi connectivity index (χ3n) is 2.18. The monoisotopic (exact) mass is 222 g/mol. The Bertz CT molecular complexity index is 282. The summed E-state index contributed by atoms with van der Waals surface area (Å²) in [6.07, 6.45) is 1.25. The lowest BCUT2D eigenvalue weighted by Gasteiger charge is -2.10. The van der Waals surface area contributed by atoms with Crippen molar-refractivity contribution in [3.63, 3.8) is 0 Å². The molecule has 0 aromatic heterocycles. The van der Waals surface area contributed by atoms with Crippen molar-refractivity contribution >= 4 is 0 Å². The maximum atomic E-state index is 5.58. The second kappa shape index (κ2) is 7.25. The summed E-state index contributed by atoms with van der Waals surface area (Å²) < 4.78 is 5.58. The highest BCUT2D eigenvalue weighted by Gasteiger charge is 1.97. The van der Waals surface area contributed by atoms with Gasteiger partial charge in [0.2, 0.25) is 0 Å². The van der Waals surface area contributed by atoms with Gasteiger partial charge in [-0.1, -0.05) is 12.1 Å². The standard InChI is InChI=1S/C13H22N2O/c1-11(2)16-13-6-4-12(5-7-13)10-15-9-3-8-14/h4-7,11,15H,3,8-10,14H2,1-2H3. The quantitative estimate of drug-likeness (QED) is 0.693. The lowest BCUT2D eigenvalue weighted by atomic mass is 10.2.